The molecule has 0 aromatic carbocycles. The molecule has 5 heteroatoms. The van der Waals surface area contributed by atoms with Gasteiger partial charge in [-0.25, -0.2) is 9.59 Å². The van der Waals surface area contributed by atoms with E-state index in [9.17, 15) is 14.7 Å². The van der Waals surface area contributed by atoms with Crippen LogP contribution in [0.25, 0.3) is 0 Å². The topological polar surface area (TPSA) is 60.9 Å². The number of carboxylic acid groups (broad SMARTS) is 1. The van der Waals surface area contributed by atoms with E-state index in [0.717, 1.165) is 38.6 Å². The first-order chi connectivity index (χ1) is 9.66. The number of nitrogens with zero attached hydrogens (tertiary/aromatic N) is 2. The molecule has 3 aliphatic rings. The van der Waals surface area contributed by atoms with Gasteiger partial charge >= 0.3 is 12.0 Å². The van der Waals surface area contributed by atoms with Gasteiger partial charge in [-0.15, -0.1) is 0 Å². The van der Waals surface area contributed by atoms with Crippen molar-refractivity contribution in [2.24, 2.45) is 5.92 Å². The van der Waals surface area contributed by atoms with E-state index in [1.54, 1.807) is 4.90 Å². The monoisotopic (exact) mass is 280 g/mol. The SMILES string of the molecule is O=C(O)C1CCCCCN1C(=O)N(CC1CC1)C1CC1. The molecule has 20 heavy (non-hydrogen) atoms. The Labute approximate surface area is 119 Å². The summed E-state index contributed by atoms with van der Waals surface area (Å²) in [6.45, 7) is 1.44. The fraction of sp³-hybridized carbons (Fsp3) is 0.867. The van der Waals surface area contributed by atoms with Crippen molar-refractivity contribution in [1.82, 2.24) is 9.80 Å². The Bertz CT molecular complexity index is 391. The van der Waals surface area contributed by atoms with Gasteiger partial charge in [0.25, 0.3) is 0 Å². The maximum atomic E-state index is 12.8. The molecule has 1 atom stereocenters. The van der Waals surface area contributed by atoms with Gasteiger partial charge in [0, 0.05) is 19.1 Å². The van der Waals surface area contributed by atoms with Gasteiger partial charge in [0.2, 0.25) is 0 Å². The van der Waals surface area contributed by atoms with Crippen LogP contribution in [-0.4, -0.2) is 52.1 Å². The molecule has 3 rings (SSSR count). The number of likely N-dealkylation sites (tertiary alicyclic amines) is 1. The summed E-state index contributed by atoms with van der Waals surface area (Å²) in [7, 11) is 0. The second-order valence-electron chi connectivity index (χ2n) is 6.51. The molecule has 0 radical (unpaired) electrons. The maximum Gasteiger partial charge on any atom is 0.326 e. The van der Waals surface area contributed by atoms with Gasteiger partial charge in [0.05, 0.1) is 0 Å². The van der Waals surface area contributed by atoms with Crippen molar-refractivity contribution in [3.63, 3.8) is 0 Å². The molecule has 2 amide bonds. The summed E-state index contributed by atoms with van der Waals surface area (Å²) >= 11 is 0. The van der Waals surface area contributed by atoms with Gasteiger partial charge in [-0.3, -0.25) is 0 Å². The van der Waals surface area contributed by atoms with E-state index in [0.29, 0.717) is 24.9 Å². The van der Waals surface area contributed by atoms with Gasteiger partial charge in [-0.1, -0.05) is 12.8 Å². The minimum Gasteiger partial charge on any atom is -0.480 e. The predicted octanol–water partition coefficient (Wildman–Crippen LogP) is 2.31. The summed E-state index contributed by atoms with van der Waals surface area (Å²) in [5, 5.41) is 9.40. The van der Waals surface area contributed by atoms with Gasteiger partial charge < -0.3 is 14.9 Å². The van der Waals surface area contributed by atoms with E-state index in [1.165, 1.54) is 12.8 Å². The number of hydrogen-bond acceptors (Lipinski definition) is 2. The van der Waals surface area contributed by atoms with E-state index in [1.807, 2.05) is 4.90 Å². The zero-order valence-corrected chi connectivity index (χ0v) is 12.0. The van der Waals surface area contributed by atoms with Crippen LogP contribution in [0.15, 0.2) is 0 Å². The molecule has 112 valence electrons. The predicted molar refractivity (Wildman–Crippen MR) is 74.4 cm³/mol. The lowest BCUT2D eigenvalue weighted by Crippen LogP contribution is -2.52. The lowest BCUT2D eigenvalue weighted by molar-refractivity contribution is -0.142. The van der Waals surface area contributed by atoms with Crippen LogP contribution in [0.5, 0.6) is 0 Å². The number of rotatable bonds is 4. The largest absolute Gasteiger partial charge is 0.480 e. The molecule has 2 saturated carbocycles. The second kappa shape index (κ2) is 5.62. The van der Waals surface area contributed by atoms with E-state index < -0.39 is 12.0 Å². The molecule has 0 spiro atoms. The first kappa shape index (κ1) is 13.7. The first-order valence-corrected chi connectivity index (χ1v) is 7.97. The molecule has 0 aromatic rings. The highest BCUT2D eigenvalue weighted by atomic mass is 16.4. The lowest BCUT2D eigenvalue weighted by Gasteiger charge is -2.33. The van der Waals surface area contributed by atoms with Crippen LogP contribution in [0, 0.1) is 5.92 Å². The number of carbonyl (C=O) groups is 2. The van der Waals surface area contributed by atoms with E-state index in [-0.39, 0.29) is 6.03 Å². The van der Waals surface area contributed by atoms with Gasteiger partial charge in [0.1, 0.15) is 6.04 Å². The minimum absolute atomic E-state index is 0.0197. The molecule has 1 heterocycles. The van der Waals surface area contributed by atoms with Crippen molar-refractivity contribution < 1.29 is 14.7 Å². The molecule has 1 saturated heterocycles. The third kappa shape index (κ3) is 3.07. The average molecular weight is 280 g/mol. The Morgan fingerprint density at radius 2 is 1.80 bits per heavy atom. The number of hydrogen-bond donors (Lipinski definition) is 1. The second-order valence-corrected chi connectivity index (χ2v) is 6.51. The first-order valence-electron chi connectivity index (χ1n) is 7.97. The zero-order chi connectivity index (χ0) is 14.1. The summed E-state index contributed by atoms with van der Waals surface area (Å²) in [4.78, 5) is 27.9. The summed E-state index contributed by atoms with van der Waals surface area (Å²) in [6, 6.07) is -0.264. The Morgan fingerprint density at radius 1 is 1.05 bits per heavy atom. The smallest absolute Gasteiger partial charge is 0.326 e. The van der Waals surface area contributed by atoms with Crippen molar-refractivity contribution in [3.05, 3.63) is 0 Å². The molecule has 1 N–H and O–H groups in total. The number of carboxylic acids is 1. The van der Waals surface area contributed by atoms with E-state index in [4.69, 9.17) is 0 Å². The van der Waals surface area contributed by atoms with Crippen LogP contribution >= 0.6 is 0 Å². The number of aliphatic carboxylic acids is 1. The molecule has 1 unspecified atom stereocenters. The van der Waals surface area contributed by atoms with Gasteiger partial charge in [0.15, 0.2) is 0 Å². The fourth-order valence-electron chi connectivity index (χ4n) is 3.11. The Balaban J connectivity index is 1.72. The van der Waals surface area contributed by atoms with E-state index in [2.05, 4.69) is 0 Å². The van der Waals surface area contributed by atoms with Crippen LogP contribution in [0.1, 0.15) is 51.4 Å². The molecule has 0 bridgehead atoms. The van der Waals surface area contributed by atoms with Crippen LogP contribution < -0.4 is 0 Å². The van der Waals surface area contributed by atoms with Crippen molar-refractivity contribution in [1.29, 1.82) is 0 Å². The third-order valence-corrected chi connectivity index (χ3v) is 4.67. The molecule has 2 aliphatic carbocycles. The summed E-state index contributed by atoms with van der Waals surface area (Å²) in [5.74, 6) is -0.183. The van der Waals surface area contributed by atoms with Crippen molar-refractivity contribution in [2.75, 3.05) is 13.1 Å². The lowest BCUT2D eigenvalue weighted by atomic mass is 10.1. The summed E-state index contributed by atoms with van der Waals surface area (Å²) < 4.78 is 0. The third-order valence-electron chi connectivity index (χ3n) is 4.67. The quantitative estimate of drug-likeness (QED) is 0.859. The maximum absolute atomic E-state index is 12.8. The molecular formula is C15H24N2O3. The Hall–Kier alpha value is -1.26. The molecule has 3 fully saturated rings. The summed E-state index contributed by atoms with van der Waals surface area (Å²) in [6.07, 6.45) is 8.08. The Morgan fingerprint density at radius 3 is 2.40 bits per heavy atom. The summed E-state index contributed by atoms with van der Waals surface area (Å²) in [5.41, 5.74) is 0. The van der Waals surface area contributed by atoms with Gasteiger partial charge in [-0.2, -0.15) is 0 Å². The van der Waals surface area contributed by atoms with Gasteiger partial charge in [-0.05, 0) is 44.4 Å². The highest BCUT2D eigenvalue weighted by Gasteiger charge is 2.41. The molecule has 0 aromatic heterocycles. The highest BCUT2D eigenvalue weighted by Crippen LogP contribution is 2.36. The number of amides is 2. The average Bonchev–Trinajstić information content (AvgIpc) is 3.31. The molecule has 5 nitrogen and oxygen atoms in total. The van der Waals surface area contributed by atoms with Crippen molar-refractivity contribution in [3.8, 4) is 0 Å². The van der Waals surface area contributed by atoms with Crippen LogP contribution in [0.2, 0.25) is 0 Å². The number of carbonyl (C=O) groups excluding carboxylic acids is 1. The standard InChI is InChI=1S/C15H24N2O3/c18-14(19)13-4-2-1-3-9-16(13)15(20)17(12-7-8-12)10-11-5-6-11/h11-13H,1-10H2,(H,18,19). The van der Waals surface area contributed by atoms with Crippen molar-refractivity contribution >= 4 is 12.0 Å². The number of urea groups is 1. The normalized spacial score (nSPS) is 27.0. The molecule has 1 aliphatic heterocycles. The Kier molecular flexibility index (Phi) is 3.85. The zero-order valence-electron chi connectivity index (χ0n) is 12.0. The minimum atomic E-state index is -0.845. The van der Waals surface area contributed by atoms with Crippen LogP contribution in [0.3, 0.4) is 0 Å². The highest BCUT2D eigenvalue weighted by molar-refractivity contribution is 5.83. The van der Waals surface area contributed by atoms with Crippen LogP contribution in [-0.2, 0) is 4.79 Å². The molecular weight excluding hydrogens is 256 g/mol. The van der Waals surface area contributed by atoms with Crippen LogP contribution in [0.4, 0.5) is 4.79 Å². The van der Waals surface area contributed by atoms with E-state index >= 15 is 0 Å². The van der Waals surface area contributed by atoms with Crippen molar-refractivity contribution in [2.45, 2.75) is 63.5 Å². The fourth-order valence-corrected chi connectivity index (χ4v) is 3.11.